The molecule has 0 amide bonds. The number of benzene rings is 1. The van der Waals surface area contributed by atoms with E-state index in [-0.39, 0.29) is 0 Å². The molecule has 0 spiro atoms. The molecule has 0 radical (unpaired) electrons. The van der Waals surface area contributed by atoms with Crippen LogP contribution in [-0.2, 0) is 0 Å². The predicted octanol–water partition coefficient (Wildman–Crippen LogP) is 4.07. The summed E-state index contributed by atoms with van der Waals surface area (Å²) in [6.45, 7) is 0.481. The molecule has 4 heteroatoms. The molecule has 0 saturated carbocycles. The SMILES string of the molecule is Cl/C=C(/Cl)CNc1ccccc1Cl. The molecule has 1 N–H and O–H groups in total. The fraction of sp³-hybridized carbons (Fsp3) is 0.111. The topological polar surface area (TPSA) is 12.0 Å². The van der Waals surface area contributed by atoms with Crippen molar-refractivity contribution in [2.24, 2.45) is 0 Å². The average Bonchev–Trinajstić information content (AvgIpc) is 2.16. The van der Waals surface area contributed by atoms with Crippen molar-refractivity contribution in [3.05, 3.63) is 39.9 Å². The summed E-state index contributed by atoms with van der Waals surface area (Å²) in [7, 11) is 0. The van der Waals surface area contributed by atoms with Crippen molar-refractivity contribution in [3.8, 4) is 0 Å². The first-order chi connectivity index (χ1) is 6.24. The summed E-state index contributed by atoms with van der Waals surface area (Å²) in [6.07, 6.45) is 0. The van der Waals surface area contributed by atoms with Crippen LogP contribution in [-0.4, -0.2) is 6.54 Å². The first kappa shape index (κ1) is 10.7. The van der Waals surface area contributed by atoms with Gasteiger partial charge < -0.3 is 5.32 Å². The van der Waals surface area contributed by atoms with Crippen LogP contribution in [0.4, 0.5) is 5.69 Å². The number of hydrogen-bond acceptors (Lipinski definition) is 1. The molecular weight excluding hydrogens is 228 g/mol. The van der Waals surface area contributed by atoms with Gasteiger partial charge in [-0.15, -0.1) is 0 Å². The van der Waals surface area contributed by atoms with E-state index in [4.69, 9.17) is 34.8 Å². The van der Waals surface area contributed by atoms with Crippen LogP contribution in [0.25, 0.3) is 0 Å². The van der Waals surface area contributed by atoms with E-state index >= 15 is 0 Å². The van der Waals surface area contributed by atoms with Crippen molar-refractivity contribution >= 4 is 40.5 Å². The maximum absolute atomic E-state index is 5.89. The van der Waals surface area contributed by atoms with Gasteiger partial charge in [0.05, 0.1) is 17.3 Å². The molecule has 70 valence electrons. The van der Waals surface area contributed by atoms with Gasteiger partial charge in [-0.2, -0.15) is 0 Å². The van der Waals surface area contributed by atoms with E-state index in [1.165, 1.54) is 5.54 Å². The monoisotopic (exact) mass is 235 g/mol. The number of hydrogen-bond donors (Lipinski definition) is 1. The minimum Gasteiger partial charge on any atom is -0.379 e. The fourth-order valence-electron chi connectivity index (χ4n) is 0.823. The Bertz CT molecular complexity index is 309. The molecule has 0 aliphatic rings. The summed E-state index contributed by atoms with van der Waals surface area (Å²) in [5.74, 6) is 0. The molecule has 0 heterocycles. The predicted molar refractivity (Wildman–Crippen MR) is 59.7 cm³/mol. The Morgan fingerprint density at radius 3 is 2.69 bits per heavy atom. The molecule has 0 aliphatic carbocycles. The molecule has 0 aliphatic heterocycles. The van der Waals surface area contributed by atoms with E-state index in [9.17, 15) is 0 Å². The van der Waals surface area contributed by atoms with Crippen LogP contribution in [0.15, 0.2) is 34.8 Å². The first-order valence-corrected chi connectivity index (χ1v) is 4.86. The normalized spacial score (nSPS) is 11.5. The highest BCUT2D eigenvalue weighted by Gasteiger charge is 1.97. The molecule has 0 unspecified atom stereocenters. The van der Waals surface area contributed by atoms with Crippen LogP contribution in [0.5, 0.6) is 0 Å². The lowest BCUT2D eigenvalue weighted by Crippen LogP contribution is -2.01. The second kappa shape index (κ2) is 5.38. The van der Waals surface area contributed by atoms with E-state index in [0.717, 1.165) is 5.69 Å². The average molecular weight is 237 g/mol. The summed E-state index contributed by atoms with van der Waals surface area (Å²) >= 11 is 17.0. The summed E-state index contributed by atoms with van der Waals surface area (Å²) in [5, 5.41) is 4.26. The fourth-order valence-corrected chi connectivity index (χ4v) is 1.17. The lowest BCUT2D eigenvalue weighted by atomic mass is 10.3. The highest BCUT2D eigenvalue weighted by molar-refractivity contribution is 6.37. The molecule has 1 nitrogen and oxygen atoms in total. The summed E-state index contributed by atoms with van der Waals surface area (Å²) < 4.78 is 0. The maximum atomic E-state index is 5.89. The van der Waals surface area contributed by atoms with E-state index in [1.54, 1.807) is 0 Å². The molecule has 0 atom stereocenters. The Morgan fingerprint density at radius 1 is 1.38 bits per heavy atom. The van der Waals surface area contributed by atoms with Crippen LogP contribution >= 0.6 is 34.8 Å². The molecule has 13 heavy (non-hydrogen) atoms. The Labute approximate surface area is 92.3 Å². The van der Waals surface area contributed by atoms with Gasteiger partial charge in [0.15, 0.2) is 0 Å². The standard InChI is InChI=1S/C9H8Cl3N/c10-5-7(11)6-13-9-4-2-1-3-8(9)12/h1-5,13H,6H2/b7-5+. The zero-order valence-corrected chi connectivity index (χ0v) is 9.00. The first-order valence-electron chi connectivity index (χ1n) is 3.67. The Hall–Kier alpha value is -0.370. The summed E-state index contributed by atoms with van der Waals surface area (Å²) in [4.78, 5) is 0. The molecule has 1 aromatic carbocycles. The van der Waals surface area contributed by atoms with Crippen LogP contribution < -0.4 is 5.32 Å². The largest absolute Gasteiger partial charge is 0.379 e. The molecule has 0 fully saturated rings. The van der Waals surface area contributed by atoms with Crippen molar-refractivity contribution < 1.29 is 0 Å². The quantitative estimate of drug-likeness (QED) is 0.834. The van der Waals surface area contributed by atoms with Crippen LogP contribution in [0.2, 0.25) is 5.02 Å². The maximum Gasteiger partial charge on any atom is 0.0637 e. The molecular formula is C9H8Cl3N. The zero-order chi connectivity index (χ0) is 9.68. The van der Waals surface area contributed by atoms with Crippen molar-refractivity contribution in [2.45, 2.75) is 0 Å². The summed E-state index contributed by atoms with van der Waals surface area (Å²) in [6, 6.07) is 7.45. The third-order valence-electron chi connectivity index (χ3n) is 1.44. The van der Waals surface area contributed by atoms with Gasteiger partial charge in [0.1, 0.15) is 0 Å². The minimum absolute atomic E-state index is 0.481. The van der Waals surface area contributed by atoms with Gasteiger partial charge in [-0.25, -0.2) is 0 Å². The van der Waals surface area contributed by atoms with Crippen molar-refractivity contribution in [3.63, 3.8) is 0 Å². The highest BCUT2D eigenvalue weighted by Crippen LogP contribution is 2.20. The second-order valence-corrected chi connectivity index (χ2v) is 3.50. The molecule has 0 bridgehead atoms. The Balaban J connectivity index is 2.60. The molecule has 1 rings (SSSR count). The van der Waals surface area contributed by atoms with Gasteiger partial charge in [-0.05, 0) is 12.1 Å². The third-order valence-corrected chi connectivity index (χ3v) is 2.39. The van der Waals surface area contributed by atoms with Crippen molar-refractivity contribution in [1.82, 2.24) is 0 Å². The molecule has 0 saturated heterocycles. The number of rotatable bonds is 3. The van der Waals surface area contributed by atoms with Crippen LogP contribution in [0.1, 0.15) is 0 Å². The van der Waals surface area contributed by atoms with E-state index < -0.39 is 0 Å². The van der Waals surface area contributed by atoms with Gasteiger partial charge >= 0.3 is 0 Å². The lowest BCUT2D eigenvalue weighted by molar-refractivity contribution is 1.31. The number of halogens is 3. The van der Waals surface area contributed by atoms with E-state index in [2.05, 4.69) is 5.32 Å². The van der Waals surface area contributed by atoms with Gasteiger partial charge in [0.2, 0.25) is 0 Å². The zero-order valence-electron chi connectivity index (χ0n) is 6.73. The Kier molecular flexibility index (Phi) is 4.43. The number of anilines is 1. The van der Waals surface area contributed by atoms with Crippen molar-refractivity contribution in [1.29, 1.82) is 0 Å². The van der Waals surface area contributed by atoms with Gasteiger partial charge in [0, 0.05) is 10.6 Å². The molecule has 1 aromatic rings. The Morgan fingerprint density at radius 2 is 2.08 bits per heavy atom. The van der Waals surface area contributed by atoms with E-state index in [1.807, 2.05) is 24.3 Å². The highest BCUT2D eigenvalue weighted by atomic mass is 35.5. The van der Waals surface area contributed by atoms with E-state index in [0.29, 0.717) is 16.6 Å². The van der Waals surface area contributed by atoms with Gasteiger partial charge in [-0.1, -0.05) is 46.9 Å². The third kappa shape index (κ3) is 3.47. The van der Waals surface area contributed by atoms with Gasteiger partial charge in [-0.3, -0.25) is 0 Å². The molecule has 0 aromatic heterocycles. The van der Waals surface area contributed by atoms with Crippen LogP contribution in [0.3, 0.4) is 0 Å². The number of nitrogens with one attached hydrogen (secondary N) is 1. The van der Waals surface area contributed by atoms with Gasteiger partial charge in [0.25, 0.3) is 0 Å². The summed E-state index contributed by atoms with van der Waals surface area (Å²) in [5.41, 5.74) is 2.17. The second-order valence-electron chi connectivity index (χ2n) is 2.39. The number of para-hydroxylation sites is 1. The minimum atomic E-state index is 0.481. The van der Waals surface area contributed by atoms with Crippen molar-refractivity contribution in [2.75, 3.05) is 11.9 Å². The smallest absolute Gasteiger partial charge is 0.0637 e. The lowest BCUT2D eigenvalue weighted by Gasteiger charge is -2.06. The van der Waals surface area contributed by atoms with Crippen LogP contribution in [0, 0.1) is 0 Å².